The third-order valence-electron chi connectivity index (χ3n) is 2.18. The number of nitrogens with one attached hydrogen (secondary N) is 2. The highest BCUT2D eigenvalue weighted by atomic mass is 35.5. The van der Waals surface area contributed by atoms with E-state index >= 15 is 0 Å². The van der Waals surface area contributed by atoms with Crippen LogP contribution < -0.4 is 10.6 Å². The van der Waals surface area contributed by atoms with Gasteiger partial charge in [0.15, 0.2) is 0 Å². The molecule has 2 N–H and O–H groups in total. The Morgan fingerprint density at radius 2 is 2.00 bits per heavy atom. The van der Waals surface area contributed by atoms with Crippen molar-refractivity contribution in [3.05, 3.63) is 32.3 Å². The van der Waals surface area contributed by atoms with Crippen molar-refractivity contribution in [2.45, 2.75) is 6.42 Å². The summed E-state index contributed by atoms with van der Waals surface area (Å²) in [6.45, 7) is 0.262. The second kappa shape index (κ2) is 6.42. The van der Waals surface area contributed by atoms with Crippen LogP contribution in [0.3, 0.4) is 0 Å². The van der Waals surface area contributed by atoms with Gasteiger partial charge in [-0.25, -0.2) is 0 Å². The van der Waals surface area contributed by atoms with E-state index in [1.807, 2.05) is 0 Å². The fraction of sp³-hybridized carbons (Fsp3) is 0.300. The maximum Gasteiger partial charge on any atom is 0.293 e. The van der Waals surface area contributed by atoms with Crippen molar-refractivity contribution in [2.75, 3.05) is 18.9 Å². The number of rotatable bonds is 5. The molecule has 0 saturated heterocycles. The summed E-state index contributed by atoms with van der Waals surface area (Å²) in [7, 11) is 1.52. The van der Waals surface area contributed by atoms with Crippen LogP contribution >= 0.6 is 23.2 Å². The number of nitrogens with zero attached hydrogens (tertiary/aromatic N) is 1. The Morgan fingerprint density at radius 1 is 1.39 bits per heavy atom. The molecule has 0 aliphatic heterocycles. The second-order valence-electron chi connectivity index (χ2n) is 3.39. The van der Waals surface area contributed by atoms with Gasteiger partial charge in [0, 0.05) is 26.1 Å². The molecular weight excluding hydrogens is 281 g/mol. The predicted molar refractivity (Wildman–Crippen MR) is 70.3 cm³/mol. The zero-order valence-corrected chi connectivity index (χ0v) is 11.0. The van der Waals surface area contributed by atoms with Crippen LogP contribution in [-0.4, -0.2) is 24.4 Å². The molecule has 6 nitrogen and oxygen atoms in total. The second-order valence-corrected chi connectivity index (χ2v) is 4.20. The largest absolute Gasteiger partial charge is 0.379 e. The number of nitro groups is 1. The summed E-state index contributed by atoms with van der Waals surface area (Å²) in [5.41, 5.74) is 0.0552. The minimum absolute atomic E-state index is 0.111. The highest BCUT2D eigenvalue weighted by molar-refractivity contribution is 6.42. The number of anilines is 1. The first kappa shape index (κ1) is 14.5. The summed E-state index contributed by atoms with van der Waals surface area (Å²) in [6, 6.07) is 2.54. The number of nitro benzene ring substituents is 1. The van der Waals surface area contributed by atoms with Gasteiger partial charge < -0.3 is 10.6 Å². The molecule has 0 fully saturated rings. The minimum atomic E-state index is -0.565. The van der Waals surface area contributed by atoms with Gasteiger partial charge in [0.25, 0.3) is 5.69 Å². The fourth-order valence-corrected chi connectivity index (χ4v) is 1.59. The van der Waals surface area contributed by atoms with Crippen LogP contribution in [0.4, 0.5) is 11.4 Å². The van der Waals surface area contributed by atoms with Gasteiger partial charge in [-0.05, 0) is 6.07 Å². The Labute approximate surface area is 113 Å². The lowest BCUT2D eigenvalue weighted by atomic mass is 10.2. The van der Waals surface area contributed by atoms with Crippen molar-refractivity contribution in [3.8, 4) is 0 Å². The first-order valence-electron chi connectivity index (χ1n) is 5.03. The van der Waals surface area contributed by atoms with E-state index in [1.165, 1.54) is 19.2 Å². The van der Waals surface area contributed by atoms with Crippen molar-refractivity contribution in [1.82, 2.24) is 5.32 Å². The van der Waals surface area contributed by atoms with Crippen LogP contribution in [0.2, 0.25) is 10.0 Å². The van der Waals surface area contributed by atoms with E-state index in [2.05, 4.69) is 10.6 Å². The van der Waals surface area contributed by atoms with Crippen molar-refractivity contribution in [2.24, 2.45) is 0 Å². The van der Waals surface area contributed by atoms with Gasteiger partial charge in [-0.1, -0.05) is 23.2 Å². The van der Waals surface area contributed by atoms with Gasteiger partial charge in [-0.2, -0.15) is 0 Å². The Balaban J connectivity index is 2.83. The van der Waals surface area contributed by atoms with Crippen LogP contribution in [0.25, 0.3) is 0 Å². The number of hydrogen-bond donors (Lipinski definition) is 2. The van der Waals surface area contributed by atoms with E-state index in [0.29, 0.717) is 0 Å². The molecule has 0 aromatic heterocycles. The molecule has 0 radical (unpaired) electrons. The average Bonchev–Trinajstić information content (AvgIpc) is 2.32. The van der Waals surface area contributed by atoms with Crippen LogP contribution in [0, 0.1) is 10.1 Å². The van der Waals surface area contributed by atoms with E-state index in [1.54, 1.807) is 0 Å². The normalized spacial score (nSPS) is 9.94. The number of amides is 1. The van der Waals surface area contributed by atoms with Crippen LogP contribution in [0.1, 0.15) is 6.42 Å². The summed E-state index contributed by atoms with van der Waals surface area (Å²) in [4.78, 5) is 21.3. The molecule has 8 heteroatoms. The summed E-state index contributed by atoms with van der Waals surface area (Å²) >= 11 is 11.5. The van der Waals surface area contributed by atoms with Crippen molar-refractivity contribution in [1.29, 1.82) is 0 Å². The number of carbonyl (C=O) groups excluding carboxylic acids is 1. The molecule has 1 rings (SSSR count). The van der Waals surface area contributed by atoms with E-state index < -0.39 is 4.92 Å². The molecule has 98 valence electrons. The third kappa shape index (κ3) is 3.75. The predicted octanol–water partition coefficient (Wildman–Crippen LogP) is 2.45. The Bertz CT molecular complexity index is 480. The van der Waals surface area contributed by atoms with E-state index in [0.717, 1.165) is 0 Å². The lowest BCUT2D eigenvalue weighted by Gasteiger charge is -2.08. The fourth-order valence-electron chi connectivity index (χ4n) is 1.26. The maximum absolute atomic E-state index is 11.0. The average molecular weight is 292 g/mol. The lowest BCUT2D eigenvalue weighted by Crippen LogP contribution is -2.21. The molecule has 1 aromatic carbocycles. The smallest absolute Gasteiger partial charge is 0.293 e. The zero-order chi connectivity index (χ0) is 13.7. The molecule has 0 heterocycles. The Kier molecular flexibility index (Phi) is 5.18. The summed E-state index contributed by atoms with van der Waals surface area (Å²) in [6.07, 6.45) is 0.202. The number of carbonyl (C=O) groups is 1. The minimum Gasteiger partial charge on any atom is -0.379 e. The molecule has 0 unspecified atom stereocenters. The molecule has 0 spiro atoms. The van der Waals surface area contributed by atoms with Crippen LogP contribution in [0.5, 0.6) is 0 Å². The molecular formula is C10H11Cl2N3O3. The Hall–Kier alpha value is -1.53. The van der Waals surface area contributed by atoms with Crippen molar-refractivity contribution < 1.29 is 9.72 Å². The quantitative estimate of drug-likeness (QED) is 0.645. The van der Waals surface area contributed by atoms with Gasteiger partial charge in [0.1, 0.15) is 5.69 Å². The molecule has 18 heavy (non-hydrogen) atoms. The Morgan fingerprint density at radius 3 is 2.56 bits per heavy atom. The van der Waals surface area contributed by atoms with Crippen molar-refractivity contribution >= 4 is 40.5 Å². The maximum atomic E-state index is 11.0. The molecule has 0 atom stereocenters. The summed E-state index contributed by atoms with van der Waals surface area (Å²) in [5, 5.41) is 16.4. The molecule has 1 aromatic rings. The number of benzene rings is 1. The molecule has 0 saturated carbocycles. The standard InChI is InChI=1S/C10H11Cl2N3O3/c1-13-10(16)2-3-14-8-4-6(11)7(12)5-9(8)15(17)18/h4-5,14H,2-3H2,1H3,(H,13,16). The van der Waals surface area contributed by atoms with Gasteiger partial charge in [-0.15, -0.1) is 0 Å². The number of hydrogen-bond acceptors (Lipinski definition) is 4. The highest BCUT2D eigenvalue weighted by Crippen LogP contribution is 2.33. The molecule has 0 bridgehead atoms. The van der Waals surface area contributed by atoms with E-state index in [4.69, 9.17) is 23.2 Å². The first-order chi connectivity index (χ1) is 8.45. The lowest BCUT2D eigenvalue weighted by molar-refractivity contribution is -0.383. The van der Waals surface area contributed by atoms with E-state index in [-0.39, 0.29) is 40.3 Å². The topological polar surface area (TPSA) is 84.3 Å². The van der Waals surface area contributed by atoms with Gasteiger partial charge in [0.05, 0.1) is 15.0 Å². The monoisotopic (exact) mass is 291 g/mol. The molecule has 0 aliphatic carbocycles. The zero-order valence-electron chi connectivity index (χ0n) is 9.50. The highest BCUT2D eigenvalue weighted by Gasteiger charge is 2.16. The molecule has 1 amide bonds. The van der Waals surface area contributed by atoms with Crippen molar-refractivity contribution in [3.63, 3.8) is 0 Å². The van der Waals surface area contributed by atoms with Gasteiger partial charge >= 0.3 is 0 Å². The van der Waals surface area contributed by atoms with Gasteiger partial charge in [0.2, 0.25) is 5.91 Å². The summed E-state index contributed by atoms with van der Waals surface area (Å²) < 4.78 is 0. The summed E-state index contributed by atoms with van der Waals surface area (Å²) in [5.74, 6) is -0.162. The van der Waals surface area contributed by atoms with Crippen LogP contribution in [0.15, 0.2) is 12.1 Å². The first-order valence-corrected chi connectivity index (χ1v) is 5.79. The molecule has 0 aliphatic rings. The SMILES string of the molecule is CNC(=O)CCNc1cc(Cl)c(Cl)cc1[N+](=O)[O-]. The third-order valence-corrected chi connectivity index (χ3v) is 2.90. The number of halogens is 2. The van der Waals surface area contributed by atoms with Crippen LogP contribution in [-0.2, 0) is 4.79 Å². The van der Waals surface area contributed by atoms with E-state index in [9.17, 15) is 14.9 Å². The van der Waals surface area contributed by atoms with Gasteiger partial charge in [-0.3, -0.25) is 14.9 Å².